The van der Waals surface area contributed by atoms with Crippen molar-refractivity contribution >= 4 is 11.9 Å². The molecule has 2 aromatic carbocycles. The predicted octanol–water partition coefficient (Wildman–Crippen LogP) is 3.86. The number of amides is 1. The largest absolute Gasteiger partial charge is 0.453 e. The summed E-state index contributed by atoms with van der Waals surface area (Å²) in [6.45, 7) is 4.24. The molecule has 0 heterocycles. The van der Waals surface area contributed by atoms with Gasteiger partial charge in [0, 0.05) is 18.9 Å². The summed E-state index contributed by atoms with van der Waals surface area (Å²) in [5, 5.41) is 2.89. The molecule has 0 saturated heterocycles. The number of esters is 1. The van der Waals surface area contributed by atoms with Crippen molar-refractivity contribution < 1.29 is 14.3 Å². The molecule has 0 saturated carbocycles. The van der Waals surface area contributed by atoms with E-state index in [0.29, 0.717) is 13.0 Å². The molecule has 1 N–H and O–H groups in total. The van der Waals surface area contributed by atoms with Crippen LogP contribution in [0.5, 0.6) is 0 Å². The van der Waals surface area contributed by atoms with Gasteiger partial charge in [0.2, 0.25) is 0 Å². The summed E-state index contributed by atoms with van der Waals surface area (Å²) < 4.78 is 5.25. The van der Waals surface area contributed by atoms with Gasteiger partial charge < -0.3 is 10.1 Å². The average Bonchev–Trinajstić information content (AvgIpc) is 2.68. The van der Waals surface area contributed by atoms with Gasteiger partial charge in [0.25, 0.3) is 5.91 Å². The quantitative estimate of drug-likeness (QED) is 0.697. The Balaban J connectivity index is 1.75. The molecule has 138 valence electrons. The van der Waals surface area contributed by atoms with Crippen LogP contribution in [0, 0.1) is 0 Å². The van der Waals surface area contributed by atoms with Crippen LogP contribution in [-0.4, -0.2) is 24.5 Å². The zero-order valence-electron chi connectivity index (χ0n) is 15.5. The topological polar surface area (TPSA) is 55.4 Å². The highest BCUT2D eigenvalue weighted by molar-refractivity contribution is 5.83. The minimum Gasteiger partial charge on any atom is -0.453 e. The first-order valence-electron chi connectivity index (χ1n) is 9.16. The predicted molar refractivity (Wildman–Crippen MR) is 103 cm³/mol. The summed E-state index contributed by atoms with van der Waals surface area (Å²) in [5.74, 6) is -0.361. The Morgan fingerprint density at radius 1 is 1.00 bits per heavy atom. The fraction of sp³-hybridized carbons (Fsp3) is 0.364. The maximum Gasteiger partial charge on any atom is 0.306 e. The normalized spacial score (nSPS) is 12.8. The van der Waals surface area contributed by atoms with Gasteiger partial charge in [0.15, 0.2) is 6.10 Å². The lowest BCUT2D eigenvalue weighted by atomic mass is 9.96. The molecule has 2 aromatic rings. The van der Waals surface area contributed by atoms with Gasteiger partial charge in [-0.2, -0.15) is 0 Å². The molecule has 0 radical (unpaired) electrons. The van der Waals surface area contributed by atoms with Crippen LogP contribution in [0.2, 0.25) is 0 Å². The number of benzene rings is 2. The van der Waals surface area contributed by atoms with Crippen LogP contribution in [0.25, 0.3) is 0 Å². The van der Waals surface area contributed by atoms with Gasteiger partial charge in [-0.1, -0.05) is 67.6 Å². The first-order valence-corrected chi connectivity index (χ1v) is 9.16. The Kier molecular flexibility index (Phi) is 7.87. The molecule has 0 bridgehead atoms. The van der Waals surface area contributed by atoms with Crippen LogP contribution in [0.4, 0.5) is 0 Å². The second kappa shape index (κ2) is 10.4. The van der Waals surface area contributed by atoms with Crippen molar-refractivity contribution in [3.63, 3.8) is 0 Å². The molecule has 4 nitrogen and oxygen atoms in total. The van der Waals surface area contributed by atoms with E-state index in [-0.39, 0.29) is 24.2 Å². The van der Waals surface area contributed by atoms with E-state index in [4.69, 9.17) is 4.74 Å². The van der Waals surface area contributed by atoms with Crippen molar-refractivity contribution in [3.05, 3.63) is 71.8 Å². The molecule has 4 heteroatoms. The van der Waals surface area contributed by atoms with Crippen molar-refractivity contribution in [2.45, 2.75) is 45.1 Å². The fourth-order valence-corrected chi connectivity index (χ4v) is 2.79. The Morgan fingerprint density at radius 3 is 2.23 bits per heavy atom. The molecule has 0 aliphatic heterocycles. The minimum absolute atomic E-state index is 0.251. The van der Waals surface area contributed by atoms with Gasteiger partial charge in [-0.3, -0.25) is 9.59 Å². The zero-order chi connectivity index (χ0) is 18.8. The SMILES string of the molecule is CC[C@H](CNC(=O)[C@@H](C)OC(=O)CCc1ccccc1)c1ccccc1. The molecule has 2 atom stereocenters. The second-order valence-electron chi connectivity index (χ2n) is 6.38. The molecule has 0 aliphatic carbocycles. The number of hydrogen-bond donors (Lipinski definition) is 1. The van der Waals surface area contributed by atoms with Crippen LogP contribution < -0.4 is 5.32 Å². The van der Waals surface area contributed by atoms with Crippen LogP contribution in [-0.2, 0) is 20.7 Å². The van der Waals surface area contributed by atoms with Gasteiger partial charge in [0.1, 0.15) is 0 Å². The molecule has 0 spiro atoms. The standard InChI is InChI=1S/C22H27NO3/c1-3-19(20-12-8-5-9-13-20)16-23-22(25)17(2)26-21(24)15-14-18-10-6-4-7-11-18/h4-13,17,19H,3,14-16H2,1-2H3,(H,23,25)/t17-,19-/m1/s1. The molecule has 26 heavy (non-hydrogen) atoms. The van der Waals surface area contributed by atoms with E-state index in [1.807, 2.05) is 48.5 Å². The lowest BCUT2D eigenvalue weighted by molar-refractivity contribution is -0.154. The summed E-state index contributed by atoms with van der Waals surface area (Å²) in [4.78, 5) is 24.2. The number of nitrogens with one attached hydrogen (secondary N) is 1. The van der Waals surface area contributed by atoms with E-state index in [0.717, 1.165) is 12.0 Å². The molecule has 0 fully saturated rings. The van der Waals surface area contributed by atoms with Gasteiger partial charge >= 0.3 is 5.97 Å². The van der Waals surface area contributed by atoms with Crippen molar-refractivity contribution in [1.82, 2.24) is 5.32 Å². The Morgan fingerprint density at radius 2 is 1.62 bits per heavy atom. The highest BCUT2D eigenvalue weighted by Gasteiger charge is 2.19. The van der Waals surface area contributed by atoms with Crippen LogP contribution in [0.15, 0.2) is 60.7 Å². The van der Waals surface area contributed by atoms with Gasteiger partial charge in [-0.25, -0.2) is 0 Å². The van der Waals surface area contributed by atoms with Crippen molar-refractivity contribution in [1.29, 1.82) is 0 Å². The number of hydrogen-bond acceptors (Lipinski definition) is 3. The highest BCUT2D eigenvalue weighted by atomic mass is 16.5. The third-order valence-electron chi connectivity index (χ3n) is 4.42. The van der Waals surface area contributed by atoms with Crippen molar-refractivity contribution in [3.8, 4) is 0 Å². The van der Waals surface area contributed by atoms with Crippen molar-refractivity contribution in [2.75, 3.05) is 6.54 Å². The van der Waals surface area contributed by atoms with Crippen LogP contribution in [0.1, 0.15) is 43.7 Å². The number of carbonyl (C=O) groups is 2. The number of aryl methyl sites for hydroxylation is 1. The Hall–Kier alpha value is -2.62. The van der Waals surface area contributed by atoms with Crippen LogP contribution in [0.3, 0.4) is 0 Å². The maximum atomic E-state index is 12.2. The molecule has 1 amide bonds. The van der Waals surface area contributed by atoms with E-state index in [1.165, 1.54) is 5.56 Å². The first kappa shape index (κ1) is 19.7. The van der Waals surface area contributed by atoms with Gasteiger partial charge in [-0.15, -0.1) is 0 Å². The molecule has 0 unspecified atom stereocenters. The molecule has 2 rings (SSSR count). The molecular formula is C22H27NO3. The van der Waals surface area contributed by atoms with E-state index in [1.54, 1.807) is 6.92 Å². The second-order valence-corrected chi connectivity index (χ2v) is 6.38. The van der Waals surface area contributed by atoms with E-state index in [2.05, 4.69) is 24.4 Å². The summed E-state index contributed by atoms with van der Waals surface area (Å²) in [7, 11) is 0. The monoisotopic (exact) mass is 353 g/mol. The molecule has 0 aliphatic rings. The van der Waals surface area contributed by atoms with E-state index >= 15 is 0 Å². The van der Waals surface area contributed by atoms with Gasteiger partial charge in [-0.05, 0) is 30.9 Å². The maximum absolute atomic E-state index is 12.2. The molecular weight excluding hydrogens is 326 g/mol. The Labute approximate surface area is 155 Å². The van der Waals surface area contributed by atoms with E-state index < -0.39 is 6.10 Å². The zero-order valence-corrected chi connectivity index (χ0v) is 15.5. The third kappa shape index (κ3) is 6.36. The minimum atomic E-state index is -0.786. The Bertz CT molecular complexity index is 685. The lowest BCUT2D eigenvalue weighted by Crippen LogP contribution is -2.38. The van der Waals surface area contributed by atoms with Crippen molar-refractivity contribution in [2.24, 2.45) is 0 Å². The number of carbonyl (C=O) groups excluding carboxylic acids is 2. The third-order valence-corrected chi connectivity index (χ3v) is 4.42. The molecule has 0 aromatic heterocycles. The first-order chi connectivity index (χ1) is 12.6. The highest BCUT2D eigenvalue weighted by Crippen LogP contribution is 2.18. The van der Waals surface area contributed by atoms with Gasteiger partial charge in [0.05, 0.1) is 0 Å². The summed E-state index contributed by atoms with van der Waals surface area (Å²) in [6.07, 6.45) is 1.02. The number of rotatable bonds is 9. The summed E-state index contributed by atoms with van der Waals surface area (Å²) in [5.41, 5.74) is 2.28. The summed E-state index contributed by atoms with van der Waals surface area (Å²) in [6, 6.07) is 19.9. The fourth-order valence-electron chi connectivity index (χ4n) is 2.79. The average molecular weight is 353 g/mol. The smallest absolute Gasteiger partial charge is 0.306 e. The van der Waals surface area contributed by atoms with Crippen LogP contribution >= 0.6 is 0 Å². The lowest BCUT2D eigenvalue weighted by Gasteiger charge is -2.18. The van der Waals surface area contributed by atoms with E-state index in [9.17, 15) is 9.59 Å². The summed E-state index contributed by atoms with van der Waals surface area (Å²) >= 11 is 0. The number of ether oxygens (including phenoxy) is 1.